The first-order valence-corrected chi connectivity index (χ1v) is 6.56. The molecule has 0 saturated heterocycles. The first-order chi connectivity index (χ1) is 9.91. The summed E-state index contributed by atoms with van der Waals surface area (Å²) in [6.07, 6.45) is -0.963. The van der Waals surface area contributed by atoms with Gasteiger partial charge in [0.2, 0.25) is 5.82 Å². The van der Waals surface area contributed by atoms with E-state index >= 15 is 0 Å². The fraction of sp³-hybridized carbons (Fsp3) is 0.462. The van der Waals surface area contributed by atoms with Gasteiger partial charge in [0.15, 0.2) is 0 Å². The van der Waals surface area contributed by atoms with Gasteiger partial charge in [-0.3, -0.25) is 4.90 Å². The molecular weight excluding hydrogens is 283 g/mol. The number of aromatic amines is 1. The number of halogens is 3. The van der Waals surface area contributed by atoms with E-state index in [-0.39, 0.29) is 0 Å². The SMILES string of the molecule is Cc1cnc(CN2CCc3nc(C(F)(F)F)ncc3C2)[nH]1. The lowest BCUT2D eigenvalue weighted by molar-refractivity contribution is -0.145. The van der Waals surface area contributed by atoms with Crippen LogP contribution in [0.1, 0.15) is 28.6 Å². The van der Waals surface area contributed by atoms with Crippen LogP contribution in [-0.4, -0.2) is 31.4 Å². The normalized spacial score (nSPS) is 16.0. The molecule has 0 aliphatic carbocycles. The molecule has 3 heterocycles. The van der Waals surface area contributed by atoms with Gasteiger partial charge in [-0.2, -0.15) is 13.2 Å². The van der Waals surface area contributed by atoms with Crippen molar-refractivity contribution in [3.63, 3.8) is 0 Å². The predicted octanol–water partition coefficient (Wildman–Crippen LogP) is 2.09. The van der Waals surface area contributed by atoms with Gasteiger partial charge in [0.05, 0.1) is 12.2 Å². The standard InChI is InChI=1S/C13H14F3N5/c1-8-4-17-11(19-8)7-21-3-2-10-9(6-21)5-18-12(20-10)13(14,15)16/h4-5H,2-3,6-7H2,1H3,(H,17,19). The number of nitrogens with zero attached hydrogens (tertiary/aromatic N) is 4. The van der Waals surface area contributed by atoms with E-state index in [0.29, 0.717) is 31.7 Å². The molecule has 0 aromatic carbocycles. The van der Waals surface area contributed by atoms with Crippen molar-refractivity contribution in [2.45, 2.75) is 32.6 Å². The number of aromatic nitrogens is 4. The maximum absolute atomic E-state index is 12.6. The highest BCUT2D eigenvalue weighted by Crippen LogP contribution is 2.27. The lowest BCUT2D eigenvalue weighted by atomic mass is 10.1. The van der Waals surface area contributed by atoms with Gasteiger partial charge < -0.3 is 4.98 Å². The Balaban J connectivity index is 1.74. The van der Waals surface area contributed by atoms with Crippen molar-refractivity contribution >= 4 is 0 Å². The highest BCUT2D eigenvalue weighted by atomic mass is 19.4. The number of alkyl halides is 3. The maximum atomic E-state index is 12.6. The van der Waals surface area contributed by atoms with Crippen LogP contribution in [0.25, 0.3) is 0 Å². The van der Waals surface area contributed by atoms with Crippen LogP contribution in [0.5, 0.6) is 0 Å². The molecule has 1 N–H and O–H groups in total. The summed E-state index contributed by atoms with van der Waals surface area (Å²) in [5, 5.41) is 0. The topological polar surface area (TPSA) is 57.7 Å². The number of H-pyrrole nitrogens is 1. The minimum absolute atomic E-state index is 0.487. The second-order valence-corrected chi connectivity index (χ2v) is 5.14. The Bertz CT molecular complexity index is 649. The predicted molar refractivity (Wildman–Crippen MR) is 68.2 cm³/mol. The molecule has 0 unspecified atom stereocenters. The van der Waals surface area contributed by atoms with E-state index in [4.69, 9.17) is 0 Å². The van der Waals surface area contributed by atoms with Gasteiger partial charge in [-0.15, -0.1) is 0 Å². The van der Waals surface area contributed by atoms with Crippen LogP contribution in [0, 0.1) is 6.92 Å². The molecule has 2 aromatic heterocycles. The van der Waals surface area contributed by atoms with Crippen LogP contribution < -0.4 is 0 Å². The number of aryl methyl sites for hydroxylation is 1. The number of hydrogen-bond donors (Lipinski definition) is 1. The van der Waals surface area contributed by atoms with E-state index in [1.807, 2.05) is 6.92 Å². The molecule has 0 amide bonds. The van der Waals surface area contributed by atoms with Crippen molar-refractivity contribution in [2.75, 3.05) is 6.54 Å². The van der Waals surface area contributed by atoms with Crippen molar-refractivity contribution < 1.29 is 13.2 Å². The van der Waals surface area contributed by atoms with Gasteiger partial charge in [0.1, 0.15) is 5.82 Å². The zero-order chi connectivity index (χ0) is 15.0. The second kappa shape index (κ2) is 5.10. The fourth-order valence-electron chi connectivity index (χ4n) is 2.41. The van der Waals surface area contributed by atoms with E-state index in [1.165, 1.54) is 6.20 Å². The number of imidazole rings is 1. The molecule has 112 valence electrons. The molecule has 0 atom stereocenters. The van der Waals surface area contributed by atoms with E-state index in [1.54, 1.807) is 6.20 Å². The van der Waals surface area contributed by atoms with Gasteiger partial charge in [-0.05, 0) is 6.92 Å². The van der Waals surface area contributed by atoms with Crippen molar-refractivity contribution in [1.82, 2.24) is 24.8 Å². The van der Waals surface area contributed by atoms with Gasteiger partial charge in [0.25, 0.3) is 0 Å². The third-order valence-corrected chi connectivity index (χ3v) is 3.40. The molecule has 0 spiro atoms. The lowest BCUT2D eigenvalue weighted by Gasteiger charge is -2.27. The quantitative estimate of drug-likeness (QED) is 0.922. The summed E-state index contributed by atoms with van der Waals surface area (Å²) in [5.74, 6) is -0.208. The molecule has 21 heavy (non-hydrogen) atoms. The summed E-state index contributed by atoms with van der Waals surface area (Å²) < 4.78 is 37.7. The van der Waals surface area contributed by atoms with E-state index in [9.17, 15) is 13.2 Å². The molecule has 1 aliphatic heterocycles. The van der Waals surface area contributed by atoms with Crippen molar-refractivity contribution in [3.05, 3.63) is 41.0 Å². The second-order valence-electron chi connectivity index (χ2n) is 5.14. The highest BCUT2D eigenvalue weighted by Gasteiger charge is 2.35. The molecule has 3 rings (SSSR count). The van der Waals surface area contributed by atoms with Crippen molar-refractivity contribution in [1.29, 1.82) is 0 Å². The largest absolute Gasteiger partial charge is 0.451 e. The van der Waals surface area contributed by atoms with E-state index in [0.717, 1.165) is 17.1 Å². The number of fused-ring (bicyclic) bond motifs is 1. The molecule has 2 aromatic rings. The number of nitrogens with one attached hydrogen (secondary N) is 1. The first kappa shape index (κ1) is 14.0. The summed E-state index contributed by atoms with van der Waals surface area (Å²) in [7, 11) is 0. The van der Waals surface area contributed by atoms with Gasteiger partial charge in [-0.1, -0.05) is 0 Å². The molecule has 5 nitrogen and oxygen atoms in total. The minimum Gasteiger partial charge on any atom is -0.345 e. The zero-order valence-corrected chi connectivity index (χ0v) is 11.4. The first-order valence-electron chi connectivity index (χ1n) is 6.56. The van der Waals surface area contributed by atoms with Crippen LogP contribution >= 0.6 is 0 Å². The van der Waals surface area contributed by atoms with Crippen LogP contribution in [0.3, 0.4) is 0 Å². The summed E-state index contributed by atoms with van der Waals surface area (Å²) in [6.45, 7) is 3.75. The molecule has 8 heteroatoms. The van der Waals surface area contributed by atoms with Crippen LogP contribution in [0.4, 0.5) is 13.2 Å². The molecule has 1 aliphatic rings. The third kappa shape index (κ3) is 3.05. The van der Waals surface area contributed by atoms with Gasteiger partial charge in [-0.25, -0.2) is 15.0 Å². The van der Waals surface area contributed by atoms with Gasteiger partial charge >= 0.3 is 6.18 Å². The smallest absolute Gasteiger partial charge is 0.345 e. The van der Waals surface area contributed by atoms with Crippen LogP contribution in [-0.2, 0) is 25.7 Å². The molecular formula is C13H14F3N5. The number of rotatable bonds is 2. The van der Waals surface area contributed by atoms with Crippen LogP contribution in [0.15, 0.2) is 12.4 Å². The Labute approximate surface area is 119 Å². The zero-order valence-electron chi connectivity index (χ0n) is 11.4. The van der Waals surface area contributed by atoms with Crippen molar-refractivity contribution in [2.24, 2.45) is 0 Å². The maximum Gasteiger partial charge on any atom is 0.451 e. The fourth-order valence-corrected chi connectivity index (χ4v) is 2.41. The summed E-state index contributed by atoms with van der Waals surface area (Å²) in [5.41, 5.74) is 2.22. The Morgan fingerprint density at radius 2 is 2.10 bits per heavy atom. The summed E-state index contributed by atoms with van der Waals surface area (Å²) >= 11 is 0. The monoisotopic (exact) mass is 297 g/mol. The summed E-state index contributed by atoms with van der Waals surface area (Å²) in [6, 6.07) is 0. The number of hydrogen-bond acceptors (Lipinski definition) is 4. The third-order valence-electron chi connectivity index (χ3n) is 3.40. The average Bonchev–Trinajstić information content (AvgIpc) is 2.82. The summed E-state index contributed by atoms with van der Waals surface area (Å²) in [4.78, 5) is 16.6. The van der Waals surface area contributed by atoms with E-state index < -0.39 is 12.0 Å². The Morgan fingerprint density at radius 3 is 2.76 bits per heavy atom. The van der Waals surface area contributed by atoms with Crippen LogP contribution in [0.2, 0.25) is 0 Å². The molecule has 0 bridgehead atoms. The van der Waals surface area contributed by atoms with Gasteiger partial charge in [0, 0.05) is 43.2 Å². The lowest BCUT2D eigenvalue weighted by Crippen LogP contribution is -2.32. The Hall–Kier alpha value is -1.96. The highest BCUT2D eigenvalue weighted by molar-refractivity contribution is 5.21. The Morgan fingerprint density at radius 1 is 1.29 bits per heavy atom. The average molecular weight is 297 g/mol. The Kier molecular flexibility index (Phi) is 3.40. The van der Waals surface area contributed by atoms with Crippen molar-refractivity contribution in [3.8, 4) is 0 Å². The molecule has 0 radical (unpaired) electrons. The van der Waals surface area contributed by atoms with E-state index in [2.05, 4.69) is 24.8 Å². The minimum atomic E-state index is -4.49. The molecule has 0 fully saturated rings. The molecule has 0 saturated carbocycles.